The molecule has 4 aliphatic heterocycles. The molecule has 0 bridgehead atoms. The summed E-state index contributed by atoms with van der Waals surface area (Å²) >= 11 is 0. The Morgan fingerprint density at radius 2 is 1.29 bits per heavy atom. The zero-order chi connectivity index (χ0) is 51.3. The molecular weight excluding hydrogens is 965 g/mol. The van der Waals surface area contributed by atoms with Crippen molar-refractivity contribution in [2.45, 2.75) is 82.0 Å². The zero-order valence-corrected chi connectivity index (χ0v) is 43.5. The molecule has 0 spiro atoms. The molecule has 6 fully saturated rings. The minimum absolute atomic E-state index is 0.0257. The number of pyridine rings is 2. The Morgan fingerprint density at radius 3 is 1.99 bits per heavy atom. The molecule has 4 saturated heterocycles. The lowest BCUT2D eigenvalue weighted by molar-refractivity contribution is -0.0984. The molecule has 2 amide bonds. The number of imidazole rings is 2. The fraction of sp³-hybridized carbons (Fsp3) is 0.474. The predicted octanol–water partition coefficient (Wildman–Crippen LogP) is 6.18. The standard InChI is InChI=1S/C57H64N12O7/c1-64-43-12-9-36(56(70)66-18-15-46-41(29-66)58-17-20-74-46)21-39(43)60-54(64)44-23-35-11-14-50(63-53(35)68(44)27-32-5-6-32)75-31-38-26-59-42-30-67(19-16-47(42)76-38)57(71)37-22-40-51(48(25-37)72-3)65(2)55(61-40)45-24-34-10-13-49(73-4)62-52(34)69(45)28-33-7-8-33/h9-14,21-25,32-33,38,41-42,46-47,58-59H,5-8,15-20,26-31H2,1-4H3/t38?,41-,42-,46+,47+/m0/s1. The van der Waals surface area contributed by atoms with E-state index in [1.54, 1.807) is 14.2 Å². The number of hydrogen-bond donors (Lipinski definition) is 2. The van der Waals surface area contributed by atoms with Crippen molar-refractivity contribution in [2.75, 3.05) is 66.7 Å². The Hall–Kier alpha value is -7.06. The second kappa shape index (κ2) is 18.9. The molecule has 76 heavy (non-hydrogen) atoms. The van der Waals surface area contributed by atoms with Crippen LogP contribution >= 0.6 is 0 Å². The zero-order valence-electron chi connectivity index (χ0n) is 43.5. The highest BCUT2D eigenvalue weighted by atomic mass is 16.5. The van der Waals surface area contributed by atoms with Crippen LogP contribution in [0.1, 0.15) is 59.2 Å². The van der Waals surface area contributed by atoms with Crippen LogP contribution in [-0.4, -0.2) is 157 Å². The average Bonchev–Trinajstić information content (AvgIpc) is 4.36. The van der Waals surface area contributed by atoms with Crippen LogP contribution in [0.5, 0.6) is 17.5 Å². The van der Waals surface area contributed by atoms with Gasteiger partial charge in [0.1, 0.15) is 35.3 Å². The number of carbonyl (C=O) groups is 2. The van der Waals surface area contributed by atoms with Crippen molar-refractivity contribution < 1.29 is 33.3 Å². The van der Waals surface area contributed by atoms with Gasteiger partial charge in [0.25, 0.3) is 11.8 Å². The molecule has 14 rings (SSSR count). The quantitative estimate of drug-likeness (QED) is 0.134. The molecule has 2 N–H and O–H groups in total. The van der Waals surface area contributed by atoms with Crippen LogP contribution < -0.4 is 24.8 Å². The van der Waals surface area contributed by atoms with Crippen LogP contribution in [0.15, 0.2) is 66.7 Å². The molecular formula is C57H64N12O7. The summed E-state index contributed by atoms with van der Waals surface area (Å²) in [4.78, 5) is 52.3. The number of nitrogens with one attached hydrogen (secondary N) is 2. The van der Waals surface area contributed by atoms with E-state index < -0.39 is 0 Å². The number of hydrogen-bond acceptors (Lipinski definition) is 13. The van der Waals surface area contributed by atoms with Gasteiger partial charge in [-0.2, -0.15) is 9.97 Å². The maximum atomic E-state index is 14.4. The summed E-state index contributed by atoms with van der Waals surface area (Å²) < 4.78 is 39.3. The van der Waals surface area contributed by atoms with E-state index in [0.717, 1.165) is 94.3 Å². The summed E-state index contributed by atoms with van der Waals surface area (Å²) in [6.07, 6.45) is 6.18. The summed E-state index contributed by atoms with van der Waals surface area (Å²) in [6.45, 7) is 6.52. The molecule has 6 aromatic heterocycles. The second-order valence-electron chi connectivity index (χ2n) is 21.9. The van der Waals surface area contributed by atoms with Crippen molar-refractivity contribution in [3.8, 4) is 40.5 Å². The number of carbonyl (C=O) groups excluding carboxylic acids is 2. The summed E-state index contributed by atoms with van der Waals surface area (Å²) in [5, 5.41) is 9.26. The number of nitrogens with zero attached hydrogens (tertiary/aromatic N) is 10. The molecule has 0 radical (unpaired) electrons. The smallest absolute Gasteiger partial charge is 0.254 e. The van der Waals surface area contributed by atoms with Gasteiger partial charge in [0, 0.05) is 100 Å². The fourth-order valence-corrected chi connectivity index (χ4v) is 12.3. The number of aromatic nitrogens is 8. The number of fused-ring (bicyclic) bond motifs is 6. The Kier molecular flexibility index (Phi) is 11.8. The average molecular weight is 1030 g/mol. The van der Waals surface area contributed by atoms with Crippen molar-refractivity contribution in [2.24, 2.45) is 25.9 Å². The minimum atomic E-state index is -0.192. The van der Waals surface area contributed by atoms with Gasteiger partial charge in [-0.15, -0.1) is 0 Å². The van der Waals surface area contributed by atoms with Crippen LogP contribution in [0.2, 0.25) is 0 Å². The largest absolute Gasteiger partial charge is 0.494 e. The molecule has 19 heteroatoms. The van der Waals surface area contributed by atoms with Gasteiger partial charge in [0.2, 0.25) is 11.8 Å². The third-order valence-electron chi connectivity index (χ3n) is 16.8. The molecule has 19 nitrogen and oxygen atoms in total. The SMILES string of the molecule is COc1ccc2cc(-c3nc4cc(C(=O)N5CC[C@H]6OC(COc7ccc8cc(-c9nc%10cc(C(=O)N%11CC[C@H]%12OCCN[C@H]%12C%11)ccc%10n9C)n(CC9CC9)c8n7)CN[C@H]6C5)cc(OC)c4n3C)n(CC3CC3)c2n1. The predicted molar refractivity (Wildman–Crippen MR) is 286 cm³/mol. The van der Waals surface area contributed by atoms with Gasteiger partial charge in [-0.25, -0.2) is 9.97 Å². The third-order valence-corrected chi connectivity index (χ3v) is 16.8. The Morgan fingerprint density at radius 1 is 0.658 bits per heavy atom. The molecule has 2 saturated carbocycles. The number of benzene rings is 2. The highest BCUT2D eigenvalue weighted by Gasteiger charge is 2.39. The number of likely N-dealkylation sites (tertiary alicyclic amines) is 2. The van der Waals surface area contributed by atoms with Gasteiger partial charge in [-0.1, -0.05) is 0 Å². The molecule has 394 valence electrons. The topological polar surface area (TPSA) is 182 Å². The number of rotatable bonds is 13. The number of amides is 2. The monoisotopic (exact) mass is 1030 g/mol. The molecule has 1 unspecified atom stereocenters. The first-order valence-electron chi connectivity index (χ1n) is 27.2. The normalized spacial score (nSPS) is 22.9. The first-order valence-corrected chi connectivity index (χ1v) is 27.2. The van der Waals surface area contributed by atoms with Gasteiger partial charge >= 0.3 is 0 Å². The van der Waals surface area contributed by atoms with Crippen molar-refractivity contribution in [1.82, 2.24) is 58.6 Å². The van der Waals surface area contributed by atoms with Crippen molar-refractivity contribution >= 4 is 55.9 Å². The molecule has 8 aromatic rings. The van der Waals surface area contributed by atoms with E-state index >= 15 is 0 Å². The first kappa shape index (κ1) is 47.4. The Bertz CT molecular complexity index is 3590. The van der Waals surface area contributed by atoms with E-state index in [-0.39, 0.29) is 42.2 Å². The molecule has 10 heterocycles. The van der Waals surface area contributed by atoms with E-state index in [1.165, 1.54) is 25.7 Å². The Labute approximate surface area is 439 Å². The highest BCUT2D eigenvalue weighted by molar-refractivity contribution is 6.01. The summed E-state index contributed by atoms with van der Waals surface area (Å²) in [7, 11) is 7.32. The van der Waals surface area contributed by atoms with Crippen molar-refractivity contribution in [1.29, 1.82) is 0 Å². The van der Waals surface area contributed by atoms with Gasteiger partial charge in [-0.05, 0) is 105 Å². The van der Waals surface area contributed by atoms with E-state index in [1.807, 2.05) is 72.4 Å². The molecule has 2 aromatic carbocycles. The van der Waals surface area contributed by atoms with E-state index in [2.05, 4.69) is 47.1 Å². The van der Waals surface area contributed by atoms with Crippen molar-refractivity contribution in [3.63, 3.8) is 0 Å². The van der Waals surface area contributed by atoms with Crippen molar-refractivity contribution in [3.05, 3.63) is 77.9 Å². The van der Waals surface area contributed by atoms with Crippen LogP contribution in [0.4, 0.5) is 0 Å². The van der Waals surface area contributed by atoms with Crippen LogP contribution in [-0.2, 0) is 36.7 Å². The van der Waals surface area contributed by atoms with Crippen LogP contribution in [0.3, 0.4) is 0 Å². The van der Waals surface area contributed by atoms with E-state index in [0.29, 0.717) is 91.7 Å². The van der Waals surface area contributed by atoms with Crippen LogP contribution in [0, 0.1) is 11.8 Å². The van der Waals surface area contributed by atoms with E-state index in [4.69, 9.17) is 43.6 Å². The number of aryl methyl sites for hydroxylation is 2. The van der Waals surface area contributed by atoms with Crippen LogP contribution in [0.25, 0.3) is 67.2 Å². The minimum Gasteiger partial charge on any atom is -0.494 e. The number of piperidine rings is 2. The summed E-state index contributed by atoms with van der Waals surface area (Å²) in [5.74, 6) is 4.47. The molecule has 2 aliphatic carbocycles. The number of ether oxygens (including phenoxy) is 5. The first-order chi connectivity index (χ1) is 37.1. The van der Waals surface area contributed by atoms with E-state index in [9.17, 15) is 9.59 Å². The molecule has 5 atom stereocenters. The maximum Gasteiger partial charge on any atom is 0.254 e. The summed E-state index contributed by atoms with van der Waals surface area (Å²) in [5.41, 5.74) is 8.15. The maximum absolute atomic E-state index is 14.4. The lowest BCUT2D eigenvalue weighted by Crippen LogP contribution is -2.62. The summed E-state index contributed by atoms with van der Waals surface area (Å²) in [6, 6.07) is 22.0. The van der Waals surface area contributed by atoms with Gasteiger partial charge < -0.3 is 62.4 Å². The number of morpholine rings is 2. The second-order valence-corrected chi connectivity index (χ2v) is 21.9. The Balaban J connectivity index is 0.644. The highest BCUT2D eigenvalue weighted by Crippen LogP contribution is 2.40. The van der Waals surface area contributed by atoms with Gasteiger partial charge in [0.15, 0.2) is 11.6 Å². The van der Waals surface area contributed by atoms with Gasteiger partial charge in [-0.3, -0.25) is 9.59 Å². The third kappa shape index (κ3) is 8.51. The number of methoxy groups -OCH3 is 2. The fourth-order valence-electron chi connectivity index (χ4n) is 12.3. The molecule has 6 aliphatic rings. The lowest BCUT2D eigenvalue weighted by Gasteiger charge is -2.44. The lowest BCUT2D eigenvalue weighted by atomic mass is 9.98. The van der Waals surface area contributed by atoms with Gasteiger partial charge in [0.05, 0.1) is 73.1 Å².